The van der Waals surface area contributed by atoms with Crippen LogP contribution in [-0.4, -0.2) is 24.7 Å². The third kappa shape index (κ3) is 5.04. The van der Waals surface area contributed by atoms with E-state index in [1.165, 1.54) is 44.9 Å². The number of aromatic nitrogens is 1. The second-order valence-electron chi connectivity index (χ2n) is 6.32. The Hall–Kier alpha value is -1.52. The van der Waals surface area contributed by atoms with Gasteiger partial charge in [0.25, 0.3) is 0 Å². The van der Waals surface area contributed by atoms with Crippen molar-refractivity contribution in [1.29, 1.82) is 0 Å². The molecular formula is C17H30N4O. The van der Waals surface area contributed by atoms with Crippen LogP contribution in [0.4, 0.5) is 0 Å². The van der Waals surface area contributed by atoms with E-state index in [9.17, 15) is 0 Å². The summed E-state index contributed by atoms with van der Waals surface area (Å²) in [7, 11) is 1.82. The molecule has 5 heteroatoms. The first-order chi connectivity index (χ1) is 10.7. The number of aliphatic imine (C=N–C) groups is 1. The monoisotopic (exact) mass is 306 g/mol. The largest absolute Gasteiger partial charge is 0.361 e. The summed E-state index contributed by atoms with van der Waals surface area (Å²) in [4.78, 5) is 4.32. The molecule has 0 atom stereocenters. The molecule has 0 aliphatic heterocycles. The van der Waals surface area contributed by atoms with Crippen molar-refractivity contribution in [3.8, 4) is 0 Å². The molecule has 5 nitrogen and oxygen atoms in total. The Kier molecular flexibility index (Phi) is 6.74. The zero-order chi connectivity index (χ0) is 15.8. The summed E-state index contributed by atoms with van der Waals surface area (Å²) in [6, 6.07) is 0. The minimum absolute atomic E-state index is 0.700. The van der Waals surface area contributed by atoms with Crippen LogP contribution in [0.1, 0.15) is 62.0 Å². The molecule has 0 amide bonds. The zero-order valence-corrected chi connectivity index (χ0v) is 14.2. The van der Waals surface area contributed by atoms with Crippen LogP contribution in [0.2, 0.25) is 0 Å². The minimum atomic E-state index is 0.700. The maximum atomic E-state index is 5.19. The topological polar surface area (TPSA) is 62.5 Å². The first-order valence-electron chi connectivity index (χ1n) is 8.57. The summed E-state index contributed by atoms with van der Waals surface area (Å²) < 4.78 is 5.19. The average molecular weight is 306 g/mol. The quantitative estimate of drug-likeness (QED) is 0.662. The van der Waals surface area contributed by atoms with Crippen molar-refractivity contribution in [2.75, 3.05) is 13.6 Å². The lowest BCUT2D eigenvalue weighted by Crippen LogP contribution is -2.39. The van der Waals surface area contributed by atoms with Crippen molar-refractivity contribution in [2.24, 2.45) is 10.9 Å². The average Bonchev–Trinajstić information content (AvgIpc) is 2.80. The van der Waals surface area contributed by atoms with Gasteiger partial charge in [0.1, 0.15) is 5.76 Å². The molecule has 1 aromatic heterocycles. The highest BCUT2D eigenvalue weighted by Crippen LogP contribution is 2.21. The predicted octanol–water partition coefficient (Wildman–Crippen LogP) is 3.32. The van der Waals surface area contributed by atoms with Gasteiger partial charge < -0.3 is 15.2 Å². The lowest BCUT2D eigenvalue weighted by molar-refractivity contribution is 0.375. The lowest BCUT2D eigenvalue weighted by Gasteiger charge is -2.21. The maximum absolute atomic E-state index is 5.19. The van der Waals surface area contributed by atoms with Gasteiger partial charge in [-0.25, -0.2) is 0 Å². The highest BCUT2D eigenvalue weighted by Gasteiger charge is 2.13. The molecule has 22 heavy (non-hydrogen) atoms. The Bertz CT molecular complexity index is 454. The Morgan fingerprint density at radius 2 is 1.82 bits per heavy atom. The molecule has 1 aliphatic rings. The number of aryl methyl sites for hydroxylation is 2. The van der Waals surface area contributed by atoms with Crippen molar-refractivity contribution in [3.05, 3.63) is 17.0 Å². The molecule has 0 radical (unpaired) electrons. The molecule has 1 aliphatic carbocycles. The standard InChI is InChI=1S/C17H30N4O/c1-13-16(14(2)22-21-13)12-20-17(18-3)19-11-15-9-7-5-4-6-8-10-15/h15H,4-12H2,1-3H3,(H2,18,19,20). The van der Waals surface area contributed by atoms with E-state index in [-0.39, 0.29) is 0 Å². The van der Waals surface area contributed by atoms with Crippen LogP contribution in [0.3, 0.4) is 0 Å². The summed E-state index contributed by atoms with van der Waals surface area (Å²) in [5.74, 6) is 2.51. The molecule has 2 rings (SSSR count). The molecule has 0 aromatic carbocycles. The van der Waals surface area contributed by atoms with Crippen molar-refractivity contribution < 1.29 is 4.52 Å². The minimum Gasteiger partial charge on any atom is -0.361 e. The molecular weight excluding hydrogens is 276 g/mol. The van der Waals surface area contributed by atoms with Gasteiger partial charge in [-0.15, -0.1) is 0 Å². The molecule has 0 spiro atoms. The van der Waals surface area contributed by atoms with Gasteiger partial charge in [-0.1, -0.05) is 37.3 Å². The van der Waals surface area contributed by atoms with E-state index in [4.69, 9.17) is 4.52 Å². The second-order valence-corrected chi connectivity index (χ2v) is 6.32. The van der Waals surface area contributed by atoms with Gasteiger partial charge in [-0.05, 0) is 32.6 Å². The third-order valence-corrected chi connectivity index (χ3v) is 4.62. The van der Waals surface area contributed by atoms with E-state index < -0.39 is 0 Å². The van der Waals surface area contributed by atoms with Crippen LogP contribution in [0, 0.1) is 19.8 Å². The normalized spacial score (nSPS) is 17.9. The maximum Gasteiger partial charge on any atom is 0.191 e. The Balaban J connectivity index is 1.77. The number of hydrogen-bond donors (Lipinski definition) is 2. The third-order valence-electron chi connectivity index (χ3n) is 4.62. The molecule has 1 heterocycles. The lowest BCUT2D eigenvalue weighted by atomic mass is 9.91. The van der Waals surface area contributed by atoms with Gasteiger partial charge in [0.2, 0.25) is 0 Å². The van der Waals surface area contributed by atoms with Crippen LogP contribution in [0.25, 0.3) is 0 Å². The molecule has 1 fully saturated rings. The van der Waals surface area contributed by atoms with E-state index in [2.05, 4.69) is 20.8 Å². The summed E-state index contributed by atoms with van der Waals surface area (Å²) >= 11 is 0. The first kappa shape index (κ1) is 16.8. The van der Waals surface area contributed by atoms with Gasteiger partial charge in [0, 0.05) is 25.7 Å². The molecule has 124 valence electrons. The van der Waals surface area contributed by atoms with Gasteiger partial charge in [0.15, 0.2) is 5.96 Å². The van der Waals surface area contributed by atoms with E-state index in [0.717, 1.165) is 35.4 Å². The van der Waals surface area contributed by atoms with Crippen LogP contribution < -0.4 is 10.6 Å². The number of guanidine groups is 1. The van der Waals surface area contributed by atoms with Crippen LogP contribution in [-0.2, 0) is 6.54 Å². The fraction of sp³-hybridized carbons (Fsp3) is 0.765. The van der Waals surface area contributed by atoms with Gasteiger partial charge in [-0.2, -0.15) is 0 Å². The zero-order valence-electron chi connectivity index (χ0n) is 14.2. The summed E-state index contributed by atoms with van der Waals surface area (Å²) in [5.41, 5.74) is 2.06. The Morgan fingerprint density at radius 1 is 1.14 bits per heavy atom. The predicted molar refractivity (Wildman–Crippen MR) is 90.0 cm³/mol. The molecule has 0 unspecified atom stereocenters. The van der Waals surface area contributed by atoms with E-state index in [1.54, 1.807) is 0 Å². The number of hydrogen-bond acceptors (Lipinski definition) is 3. The number of rotatable bonds is 4. The van der Waals surface area contributed by atoms with Crippen molar-refractivity contribution in [2.45, 2.75) is 65.3 Å². The van der Waals surface area contributed by atoms with Gasteiger partial charge in [0.05, 0.1) is 5.69 Å². The van der Waals surface area contributed by atoms with E-state index in [0.29, 0.717) is 6.54 Å². The van der Waals surface area contributed by atoms with Crippen molar-refractivity contribution in [3.63, 3.8) is 0 Å². The second kappa shape index (κ2) is 8.81. The molecule has 1 aromatic rings. The summed E-state index contributed by atoms with van der Waals surface area (Å²) in [5, 5.41) is 10.8. The molecule has 1 saturated carbocycles. The van der Waals surface area contributed by atoms with Gasteiger partial charge in [-0.3, -0.25) is 4.99 Å². The van der Waals surface area contributed by atoms with E-state index in [1.807, 2.05) is 20.9 Å². The molecule has 0 saturated heterocycles. The van der Waals surface area contributed by atoms with Crippen molar-refractivity contribution in [1.82, 2.24) is 15.8 Å². The molecule has 0 bridgehead atoms. The highest BCUT2D eigenvalue weighted by atomic mass is 16.5. The fourth-order valence-corrected chi connectivity index (χ4v) is 3.13. The SMILES string of the molecule is CN=C(NCc1c(C)noc1C)NCC1CCCCCCC1. The van der Waals surface area contributed by atoms with Crippen molar-refractivity contribution >= 4 is 5.96 Å². The highest BCUT2D eigenvalue weighted by molar-refractivity contribution is 5.79. The van der Waals surface area contributed by atoms with E-state index >= 15 is 0 Å². The van der Waals surface area contributed by atoms with Crippen LogP contribution in [0.5, 0.6) is 0 Å². The van der Waals surface area contributed by atoms with Crippen LogP contribution in [0.15, 0.2) is 9.52 Å². The smallest absolute Gasteiger partial charge is 0.191 e. The number of nitrogens with zero attached hydrogens (tertiary/aromatic N) is 2. The Morgan fingerprint density at radius 3 is 2.41 bits per heavy atom. The first-order valence-corrected chi connectivity index (χ1v) is 8.57. The van der Waals surface area contributed by atoms with Gasteiger partial charge >= 0.3 is 0 Å². The summed E-state index contributed by atoms with van der Waals surface area (Å²) in [6.45, 7) is 5.63. The van der Waals surface area contributed by atoms with Crippen LogP contribution >= 0.6 is 0 Å². The molecule has 2 N–H and O–H groups in total. The fourth-order valence-electron chi connectivity index (χ4n) is 3.13. The summed E-state index contributed by atoms with van der Waals surface area (Å²) in [6.07, 6.45) is 9.64. The Labute approximate surface area is 133 Å². The number of nitrogens with one attached hydrogen (secondary N) is 2.